The summed E-state index contributed by atoms with van der Waals surface area (Å²) in [5, 5.41) is 29.9. The van der Waals surface area contributed by atoms with E-state index in [-0.39, 0.29) is 40.8 Å². The number of nitrogens with zero attached hydrogens (tertiary/aromatic N) is 3. The molecule has 4 N–H and O–H groups in total. The quantitative estimate of drug-likeness (QED) is 0.0458. The zero-order chi connectivity index (χ0) is 66.6. The summed E-state index contributed by atoms with van der Waals surface area (Å²) in [6.07, 6.45) is 2.02. The summed E-state index contributed by atoms with van der Waals surface area (Å²) in [5.41, 5.74) is 6.42. The fourth-order valence-corrected chi connectivity index (χ4v) is 11.5. The Morgan fingerprint density at radius 1 is 0.407 bits per heavy atom. The number of nitriles is 3. The van der Waals surface area contributed by atoms with E-state index in [2.05, 4.69) is 18.2 Å². The van der Waals surface area contributed by atoms with Gasteiger partial charge >= 0.3 is 0 Å². The molecule has 9 aromatic carbocycles. The molecule has 0 spiro atoms. The van der Waals surface area contributed by atoms with Crippen LogP contribution in [0.4, 0.5) is 0 Å². The van der Waals surface area contributed by atoms with Crippen LogP contribution in [0, 0.1) is 47.8 Å². The second-order valence-corrected chi connectivity index (χ2v) is 27.4. The Bertz CT molecular complexity index is 4940. The lowest BCUT2D eigenvalue weighted by Gasteiger charge is -2.15. The van der Waals surface area contributed by atoms with Crippen LogP contribution in [0.25, 0.3) is 0 Å². The minimum atomic E-state index is -5.19. The summed E-state index contributed by atoms with van der Waals surface area (Å²) < 4.78 is 174. The molecule has 0 aliphatic heterocycles. The number of rotatable bonds is 18. The summed E-state index contributed by atoms with van der Waals surface area (Å²) in [6.45, 7) is 3.62. The van der Waals surface area contributed by atoms with Crippen molar-refractivity contribution in [2.24, 2.45) is 0 Å². The summed E-state index contributed by atoms with van der Waals surface area (Å²) in [4.78, 5) is 10.7. The molecule has 91 heavy (non-hydrogen) atoms. The summed E-state index contributed by atoms with van der Waals surface area (Å²) in [7, 11) is -22.5. The van der Waals surface area contributed by atoms with E-state index in [0.717, 1.165) is 46.5 Å². The second-order valence-electron chi connectivity index (χ2n) is 19.7. The number of ketones is 1. The Labute approximate surface area is 524 Å². The Hall–Kier alpha value is -10.1. The van der Waals surface area contributed by atoms with Crippen LogP contribution < -0.4 is 18.9 Å². The average Bonchev–Trinajstić information content (AvgIpc) is 0.892. The van der Waals surface area contributed by atoms with Crippen molar-refractivity contribution in [3.63, 3.8) is 0 Å². The first-order chi connectivity index (χ1) is 42.7. The van der Waals surface area contributed by atoms with Gasteiger partial charge in [0.15, 0.2) is 5.78 Å². The molecule has 0 aliphatic carbocycles. The Balaban J connectivity index is 0.00000109. The minimum Gasteiger partial charge on any atom is -0.456 e. The van der Waals surface area contributed by atoms with Gasteiger partial charge in [0.05, 0.1) is 45.1 Å². The number of carbonyl (C=O) groups is 1. The van der Waals surface area contributed by atoms with Crippen molar-refractivity contribution in [2.45, 2.75) is 46.3 Å². The summed E-state index contributed by atoms with van der Waals surface area (Å²) in [6, 6.07) is 53.4. The van der Waals surface area contributed by atoms with Gasteiger partial charge in [-0.1, -0.05) is 84.9 Å². The predicted octanol–water partition coefficient (Wildman–Crippen LogP) is 11.8. The Kier molecular flexibility index (Phi) is 21.5. The first-order valence-corrected chi connectivity index (χ1v) is 34.3. The maximum atomic E-state index is 14.0. The van der Waals surface area contributed by atoms with Gasteiger partial charge in [0.25, 0.3) is 40.5 Å². The molecule has 22 nitrogen and oxygen atoms in total. The number of hydrogen-bond donors (Lipinski definition) is 4. The molecule has 0 fully saturated rings. The molecule has 0 atom stereocenters. The van der Waals surface area contributed by atoms with Gasteiger partial charge in [0, 0.05) is 11.1 Å². The van der Waals surface area contributed by atoms with Crippen LogP contribution in [0.15, 0.2) is 208 Å². The highest BCUT2D eigenvalue weighted by molar-refractivity contribution is 7.91. The molecule has 0 heterocycles. The van der Waals surface area contributed by atoms with Gasteiger partial charge in [0.1, 0.15) is 67.9 Å². The van der Waals surface area contributed by atoms with Crippen LogP contribution in [0.5, 0.6) is 46.0 Å². The van der Waals surface area contributed by atoms with Gasteiger partial charge in [-0.25, -0.2) is 8.42 Å². The molecular formula is C64H51N3O19S5. The lowest BCUT2D eigenvalue weighted by Crippen LogP contribution is -2.08. The van der Waals surface area contributed by atoms with Crippen LogP contribution in [0.1, 0.15) is 66.0 Å². The minimum absolute atomic E-state index is 0.0163. The highest BCUT2D eigenvalue weighted by Crippen LogP contribution is 2.38. The van der Waals surface area contributed by atoms with E-state index in [9.17, 15) is 71.8 Å². The molecule has 9 rings (SSSR count). The molecule has 0 unspecified atom stereocenters. The van der Waals surface area contributed by atoms with Gasteiger partial charge in [0.2, 0.25) is 9.84 Å². The molecule has 0 saturated carbocycles. The van der Waals surface area contributed by atoms with E-state index in [1.807, 2.05) is 43.3 Å². The topological polar surface area (TPSA) is 377 Å². The van der Waals surface area contributed by atoms with Gasteiger partial charge in [-0.15, -0.1) is 0 Å². The first kappa shape index (κ1) is 68.4. The zero-order valence-corrected chi connectivity index (χ0v) is 52.2. The fraction of sp³-hybridized carbons (Fsp3) is 0.0938. The third kappa shape index (κ3) is 18.7. The third-order valence-electron chi connectivity index (χ3n) is 12.8. The largest absolute Gasteiger partial charge is 0.456 e. The molecular weight excluding hydrogens is 1280 g/mol. The highest BCUT2D eigenvalue weighted by Gasteiger charge is 2.28. The molecule has 0 bridgehead atoms. The van der Waals surface area contributed by atoms with Crippen molar-refractivity contribution >= 4 is 56.1 Å². The third-order valence-corrected chi connectivity index (χ3v) is 16.3. The fourth-order valence-electron chi connectivity index (χ4n) is 8.79. The Morgan fingerprint density at radius 2 is 0.791 bits per heavy atom. The predicted molar refractivity (Wildman–Crippen MR) is 331 cm³/mol. The van der Waals surface area contributed by atoms with Crippen molar-refractivity contribution in [2.75, 3.05) is 12.5 Å². The van der Waals surface area contributed by atoms with Gasteiger partial charge < -0.3 is 18.9 Å². The molecule has 27 heteroatoms. The number of benzene rings is 9. The average molecular weight is 1330 g/mol. The van der Waals surface area contributed by atoms with E-state index in [1.54, 1.807) is 73.7 Å². The van der Waals surface area contributed by atoms with E-state index in [0.29, 0.717) is 75.9 Å². The Morgan fingerprint density at radius 3 is 1.22 bits per heavy atom. The number of hydrogen-bond acceptors (Lipinski definition) is 18. The van der Waals surface area contributed by atoms with E-state index >= 15 is 0 Å². The number of aryl methyl sites for hydroxylation is 2. The highest BCUT2D eigenvalue weighted by atomic mass is 32.2. The van der Waals surface area contributed by atoms with Crippen molar-refractivity contribution < 1.29 is 84.0 Å². The first-order valence-electron chi connectivity index (χ1n) is 26.2. The van der Waals surface area contributed by atoms with E-state index in [4.69, 9.17) is 28.1 Å². The molecule has 466 valence electrons. The van der Waals surface area contributed by atoms with Crippen LogP contribution in [-0.2, 0) is 63.2 Å². The van der Waals surface area contributed by atoms with Crippen LogP contribution >= 0.6 is 0 Å². The number of sulfone groups is 1. The lowest BCUT2D eigenvalue weighted by atomic mass is 9.89. The molecule has 0 saturated heterocycles. The van der Waals surface area contributed by atoms with Gasteiger partial charge in [-0.2, -0.15) is 49.5 Å². The van der Waals surface area contributed by atoms with Crippen LogP contribution in [-0.4, -0.2) is 78.6 Å². The zero-order valence-electron chi connectivity index (χ0n) is 48.1. The number of ether oxygens (including phenoxy) is 4. The SMILES string of the molecule is CS(=O)(=O)O.CS(=O)(=O)O.Cc1cccc(Cc2ccc(Cc3cccc(Oc4ccc(Oc5ccc(S(=O)(=O)c6ccc(Oc7ccc(Oc8cccc(C)c8C#N)cc7)c(S(=O)(=O)O)c6)cc5S(=O)(=O)O)cc4)c3C#N)cc2C(=O)c2ccccc2)c1C#N. The van der Waals surface area contributed by atoms with Crippen molar-refractivity contribution in [1.29, 1.82) is 15.8 Å². The van der Waals surface area contributed by atoms with Gasteiger partial charge in [-0.3, -0.25) is 23.0 Å². The smallest absolute Gasteiger partial charge is 0.298 e. The van der Waals surface area contributed by atoms with Crippen LogP contribution in [0.3, 0.4) is 0 Å². The molecule has 0 aromatic heterocycles. The maximum absolute atomic E-state index is 14.0. The normalized spacial score (nSPS) is 11.4. The molecule has 0 amide bonds. The van der Waals surface area contributed by atoms with Gasteiger partial charge in [-0.05, 0) is 163 Å². The van der Waals surface area contributed by atoms with Crippen LogP contribution in [0.2, 0.25) is 0 Å². The number of carbonyl (C=O) groups excluding carboxylic acids is 1. The molecule has 0 aliphatic rings. The van der Waals surface area contributed by atoms with Crippen molar-refractivity contribution in [1.82, 2.24) is 0 Å². The monoisotopic (exact) mass is 1330 g/mol. The van der Waals surface area contributed by atoms with Crippen molar-refractivity contribution in [3.05, 3.63) is 249 Å². The van der Waals surface area contributed by atoms with E-state index < -0.39 is 81.4 Å². The summed E-state index contributed by atoms with van der Waals surface area (Å²) >= 11 is 0. The van der Waals surface area contributed by atoms with E-state index in [1.165, 1.54) is 48.5 Å². The standard InChI is InChI=1S/C62H43N3O13S3.2CH4O3S/c1-39-9-6-13-44(53(39)36-63)33-45-18-17-41(32-52(45)62(66)42-11-4-3-5-12-42)31-43-14-8-16-57(55(43)38-65)76-47-21-25-49(26-22-47)78-59-30-28-51(35-61(59)81(72,73)74)79(67,68)50-27-29-58(60(34-50)80(69,70)71)77-48-23-19-46(20-24-48)75-56-15-7-10-40(2)54(56)37-64;2*1-5(2,3)4/h3-30,32,34-35H,31,33H2,1-2H3,(H,69,70,71)(H,72,73,74);2*1H3,(H,2,3,4). The van der Waals surface area contributed by atoms with Crippen molar-refractivity contribution in [3.8, 4) is 64.2 Å². The maximum Gasteiger partial charge on any atom is 0.298 e. The lowest BCUT2D eigenvalue weighted by molar-refractivity contribution is 0.103. The second kappa shape index (κ2) is 28.6. The summed E-state index contributed by atoms with van der Waals surface area (Å²) in [5.74, 6) is -0.0412. The molecule has 0 radical (unpaired) electrons. The molecule has 9 aromatic rings.